The highest BCUT2D eigenvalue weighted by Gasteiger charge is 2.43. The highest BCUT2D eigenvalue weighted by atomic mass is 32.2. The predicted molar refractivity (Wildman–Crippen MR) is 141 cm³/mol. The third kappa shape index (κ3) is 6.16. The maximum Gasteiger partial charge on any atom is 0.297 e. The van der Waals surface area contributed by atoms with Crippen LogP contribution in [0.4, 0.5) is 0 Å². The molecule has 0 spiro atoms. The van der Waals surface area contributed by atoms with Gasteiger partial charge in [-0.25, -0.2) is 8.42 Å². The Morgan fingerprint density at radius 3 is 1.87 bits per heavy atom. The molecule has 38 heavy (non-hydrogen) atoms. The Bertz CT molecular complexity index is 1650. The molecular weight excluding hydrogens is 550 g/mol. The van der Waals surface area contributed by atoms with Gasteiger partial charge in [0.15, 0.2) is 0 Å². The van der Waals surface area contributed by atoms with Crippen LogP contribution in [0.2, 0.25) is 0 Å². The monoisotopic (exact) mass is 579 g/mol. The number of hydrogen-bond acceptors (Lipinski definition) is 7. The van der Waals surface area contributed by atoms with Crippen molar-refractivity contribution in [3.05, 3.63) is 89.0 Å². The van der Waals surface area contributed by atoms with E-state index in [0.29, 0.717) is 5.56 Å². The fourth-order valence-corrected chi connectivity index (χ4v) is 8.01. The largest absolute Gasteiger partial charge is 0.297 e. The average molecular weight is 580 g/mol. The summed E-state index contributed by atoms with van der Waals surface area (Å²) < 4.78 is 93.7. The summed E-state index contributed by atoms with van der Waals surface area (Å²) in [7, 11) is -12.9. The molecule has 0 aromatic heterocycles. The van der Waals surface area contributed by atoms with E-state index in [4.69, 9.17) is 4.18 Å². The van der Waals surface area contributed by atoms with Crippen molar-refractivity contribution >= 4 is 30.3 Å². The number of hydrogen-bond donors (Lipinski definition) is 1. The van der Waals surface area contributed by atoms with Crippen LogP contribution in [0.25, 0.3) is 0 Å². The Balaban J connectivity index is 1.71. The lowest BCUT2D eigenvalue weighted by molar-refractivity contribution is 0.222. The van der Waals surface area contributed by atoms with E-state index in [1.54, 1.807) is 37.3 Å². The van der Waals surface area contributed by atoms with E-state index in [1.807, 2.05) is 13.8 Å². The Morgan fingerprint density at radius 2 is 1.32 bits per heavy atom. The van der Waals surface area contributed by atoms with Gasteiger partial charge in [-0.15, -0.1) is 0 Å². The van der Waals surface area contributed by atoms with Gasteiger partial charge in [-0.2, -0.15) is 21.1 Å². The quantitative estimate of drug-likeness (QED) is 0.316. The van der Waals surface area contributed by atoms with Crippen molar-refractivity contribution in [2.75, 3.05) is 6.54 Å². The molecule has 204 valence electrons. The highest BCUT2D eigenvalue weighted by molar-refractivity contribution is 7.89. The van der Waals surface area contributed by atoms with Gasteiger partial charge >= 0.3 is 0 Å². The van der Waals surface area contributed by atoms with Gasteiger partial charge in [0, 0.05) is 12.6 Å². The first-order valence-corrected chi connectivity index (χ1v) is 16.1. The zero-order valence-electron chi connectivity index (χ0n) is 21.1. The lowest BCUT2D eigenvalue weighted by Gasteiger charge is -2.24. The third-order valence-corrected chi connectivity index (χ3v) is 10.7. The van der Waals surface area contributed by atoms with E-state index < -0.39 is 42.4 Å². The van der Waals surface area contributed by atoms with Crippen molar-refractivity contribution in [2.24, 2.45) is 0 Å². The summed E-state index contributed by atoms with van der Waals surface area (Å²) in [4.78, 5) is -0.353. The first kappa shape index (κ1) is 28.4. The second-order valence-corrected chi connectivity index (χ2v) is 14.4. The molecule has 3 aromatic rings. The minimum Gasteiger partial charge on any atom is -0.282 e. The zero-order valence-corrected chi connectivity index (χ0v) is 23.6. The van der Waals surface area contributed by atoms with Crippen molar-refractivity contribution in [3.8, 4) is 0 Å². The molecule has 9 nitrogen and oxygen atoms in total. The van der Waals surface area contributed by atoms with E-state index in [-0.39, 0.29) is 39.6 Å². The van der Waals surface area contributed by atoms with Crippen LogP contribution < -0.4 is 0 Å². The zero-order chi connectivity index (χ0) is 27.9. The normalized spacial score (nSPS) is 19.1. The Hall–Kier alpha value is -2.61. The Kier molecular flexibility index (Phi) is 7.86. The minimum absolute atomic E-state index is 0.00492. The number of sulfonamides is 1. The topological polar surface area (TPSA) is 135 Å². The average Bonchev–Trinajstić information content (AvgIpc) is 3.21. The number of rotatable bonds is 8. The van der Waals surface area contributed by atoms with Gasteiger partial charge < -0.3 is 0 Å². The third-order valence-electron chi connectivity index (χ3n) is 6.48. The number of nitrogens with zero attached hydrogens (tertiary/aromatic N) is 1. The Morgan fingerprint density at radius 1 is 0.789 bits per heavy atom. The van der Waals surface area contributed by atoms with Gasteiger partial charge in [-0.3, -0.25) is 8.74 Å². The molecular formula is C26H29NO8S3. The fourth-order valence-electron chi connectivity index (χ4n) is 4.55. The lowest BCUT2D eigenvalue weighted by atomic mass is 10.0. The molecule has 2 atom stereocenters. The van der Waals surface area contributed by atoms with Crippen LogP contribution in [0.5, 0.6) is 0 Å². The number of benzene rings is 3. The van der Waals surface area contributed by atoms with Crippen molar-refractivity contribution < 1.29 is 34.0 Å². The maximum atomic E-state index is 13.7. The van der Waals surface area contributed by atoms with Gasteiger partial charge in [0.05, 0.1) is 20.8 Å². The summed E-state index contributed by atoms with van der Waals surface area (Å²) in [5.41, 5.74) is 2.68. The van der Waals surface area contributed by atoms with Crippen LogP contribution in [0.3, 0.4) is 0 Å². The van der Waals surface area contributed by atoms with E-state index in [9.17, 15) is 29.8 Å². The highest BCUT2D eigenvalue weighted by Crippen LogP contribution is 2.33. The van der Waals surface area contributed by atoms with Crippen molar-refractivity contribution in [2.45, 2.75) is 60.4 Å². The summed E-state index contributed by atoms with van der Waals surface area (Å²) in [6.07, 6.45) is -1.09. The molecule has 1 saturated heterocycles. The van der Waals surface area contributed by atoms with E-state index in [0.717, 1.165) is 15.4 Å². The minimum atomic E-state index is -4.58. The summed E-state index contributed by atoms with van der Waals surface area (Å²) in [5, 5.41) is 0. The molecule has 1 aliphatic rings. The van der Waals surface area contributed by atoms with Crippen LogP contribution >= 0.6 is 0 Å². The number of aryl methyl sites for hydroxylation is 3. The maximum absolute atomic E-state index is 13.7. The van der Waals surface area contributed by atoms with Crippen molar-refractivity contribution in [1.29, 1.82) is 0 Å². The van der Waals surface area contributed by atoms with Gasteiger partial charge in [0.25, 0.3) is 20.2 Å². The van der Waals surface area contributed by atoms with E-state index in [1.165, 1.54) is 36.4 Å². The molecule has 0 saturated carbocycles. The molecule has 1 heterocycles. The van der Waals surface area contributed by atoms with Crippen LogP contribution in [0.15, 0.2) is 81.4 Å². The molecule has 0 radical (unpaired) electrons. The summed E-state index contributed by atoms with van der Waals surface area (Å²) in [5.74, 6) is 0. The summed E-state index contributed by atoms with van der Waals surface area (Å²) in [6, 6.07) is 15.9. The first-order chi connectivity index (χ1) is 17.7. The second kappa shape index (κ2) is 10.5. The van der Waals surface area contributed by atoms with Crippen LogP contribution in [-0.2, 0) is 40.9 Å². The van der Waals surface area contributed by atoms with Crippen molar-refractivity contribution in [1.82, 2.24) is 4.31 Å². The smallest absolute Gasteiger partial charge is 0.282 e. The van der Waals surface area contributed by atoms with Gasteiger partial charge in [-0.1, -0.05) is 53.1 Å². The van der Waals surface area contributed by atoms with Gasteiger partial charge in [0.1, 0.15) is 0 Å². The van der Waals surface area contributed by atoms with Gasteiger partial charge in [-0.05, 0) is 69.5 Å². The molecule has 1 fully saturated rings. The van der Waals surface area contributed by atoms with Crippen LogP contribution in [0.1, 0.15) is 28.7 Å². The molecule has 1 aliphatic heterocycles. The second-order valence-electron chi connectivity index (χ2n) is 9.55. The van der Waals surface area contributed by atoms with E-state index >= 15 is 0 Å². The Labute approximate surface area is 224 Å². The SMILES string of the molecule is Cc1ccc(S(=O)(=O)O[C@@H]2C[C@H](Cc3cc(C)ccc3S(=O)(=O)O)N(S(=O)(=O)c3ccc(C)cc3)C2)cc1. The van der Waals surface area contributed by atoms with E-state index in [2.05, 4.69) is 0 Å². The first-order valence-electron chi connectivity index (χ1n) is 11.8. The summed E-state index contributed by atoms with van der Waals surface area (Å²) >= 11 is 0. The van der Waals surface area contributed by atoms with Crippen LogP contribution in [0, 0.1) is 20.8 Å². The molecule has 0 bridgehead atoms. The van der Waals surface area contributed by atoms with Gasteiger partial charge in [0.2, 0.25) is 10.0 Å². The lowest BCUT2D eigenvalue weighted by Crippen LogP contribution is -2.37. The molecule has 1 N–H and O–H groups in total. The fraction of sp³-hybridized carbons (Fsp3) is 0.308. The molecule has 3 aromatic carbocycles. The van der Waals surface area contributed by atoms with Crippen LogP contribution in [-0.4, -0.2) is 52.8 Å². The summed E-state index contributed by atoms with van der Waals surface area (Å²) in [6.45, 7) is 5.13. The molecule has 0 aliphatic carbocycles. The molecule has 0 unspecified atom stereocenters. The standard InChI is InChI=1S/C26H29NO8S3/c1-18-4-9-24(10-5-18)36(28,29)27-17-23(35-38(33,34)25-11-6-19(2)7-12-25)16-22(27)15-21-14-20(3)8-13-26(21)37(30,31)32/h4-14,22-23H,15-17H2,1-3H3,(H,30,31,32)/t22-,23+/m0/s1. The molecule has 0 amide bonds. The van der Waals surface area contributed by atoms with Crippen molar-refractivity contribution in [3.63, 3.8) is 0 Å². The molecule has 4 rings (SSSR count). The molecule has 12 heteroatoms. The predicted octanol–water partition coefficient (Wildman–Crippen LogP) is 3.64.